The van der Waals surface area contributed by atoms with Crippen LogP contribution in [-0.2, 0) is 26.2 Å². The third-order valence-corrected chi connectivity index (χ3v) is 9.04. The standard InChI is InChI=1S/C25H25N11O8S2.Na/c1-10(37)27-23-26-7-14(18(39)31-23)28-24(44)30-15(11-3-5-13(38)6-4-11)19(40)29-16-20(41)36-17(22(42)43)12(8-45-21(16)36)9-46-25-32-33-34-35(25)2;/h3-7,15-16,21,38H,8-9H2,1-2H3,(H,29,40)(H,42,43)(H2,28,30,44)(H2,26,27,31,37,39);/q;+1/p-1/t15-,16?,21-;/m1./s1. The van der Waals surface area contributed by atoms with Crippen molar-refractivity contribution >= 4 is 64.9 Å². The van der Waals surface area contributed by atoms with E-state index in [1.165, 1.54) is 59.4 Å². The van der Waals surface area contributed by atoms with Crippen LogP contribution in [0, 0.1) is 0 Å². The summed E-state index contributed by atoms with van der Waals surface area (Å²) in [6, 6.07) is 1.75. The Morgan fingerprint density at radius 1 is 1.19 bits per heavy atom. The molecule has 2 aliphatic heterocycles. The fraction of sp³-hybridized carbons (Fsp3) is 0.280. The normalized spacial score (nSPS) is 17.4. The molecule has 3 aromatic rings. The number of benzene rings is 1. The first-order chi connectivity index (χ1) is 21.9. The average molecular weight is 694 g/mol. The summed E-state index contributed by atoms with van der Waals surface area (Å²) >= 11 is 2.42. The average Bonchev–Trinajstić information content (AvgIpc) is 3.42. The van der Waals surface area contributed by atoms with Gasteiger partial charge in [-0.15, -0.1) is 16.9 Å². The number of carbonyl (C=O) groups is 5. The smallest absolute Gasteiger partial charge is 0.543 e. The van der Waals surface area contributed by atoms with E-state index in [2.05, 4.69) is 46.8 Å². The Morgan fingerprint density at radius 3 is 2.53 bits per heavy atom. The number of anilines is 2. The molecule has 2 aromatic heterocycles. The Hall–Kier alpha value is -4.44. The fourth-order valence-corrected chi connectivity index (χ4v) is 6.82. The number of aliphatic carboxylic acids is 1. The van der Waals surface area contributed by atoms with E-state index in [1.807, 2.05) is 0 Å². The van der Waals surface area contributed by atoms with Crippen molar-refractivity contribution < 1.29 is 63.7 Å². The Balaban J connectivity index is 0.00000500. The number of H-pyrrole nitrogens is 1. The summed E-state index contributed by atoms with van der Waals surface area (Å²) in [5, 5.41) is 42.2. The summed E-state index contributed by atoms with van der Waals surface area (Å²) in [5.41, 5.74) is -0.755. The number of amides is 5. The topological polar surface area (TPSA) is 269 Å². The minimum atomic E-state index is -1.55. The number of hydrogen-bond acceptors (Lipinski definition) is 14. The Kier molecular flexibility index (Phi) is 11.3. The van der Waals surface area contributed by atoms with Crippen LogP contribution >= 0.6 is 23.5 Å². The molecule has 0 saturated carbocycles. The second kappa shape index (κ2) is 15.0. The van der Waals surface area contributed by atoms with Crippen molar-refractivity contribution in [1.82, 2.24) is 45.7 Å². The zero-order valence-electron chi connectivity index (χ0n) is 24.8. The van der Waals surface area contributed by atoms with Gasteiger partial charge in [-0.05, 0) is 33.7 Å². The van der Waals surface area contributed by atoms with E-state index in [1.54, 1.807) is 7.05 Å². The van der Waals surface area contributed by atoms with Gasteiger partial charge < -0.3 is 31.0 Å². The van der Waals surface area contributed by atoms with Crippen LogP contribution in [0.15, 0.2) is 51.7 Å². The van der Waals surface area contributed by atoms with Crippen molar-refractivity contribution in [2.75, 3.05) is 22.1 Å². The predicted molar refractivity (Wildman–Crippen MR) is 159 cm³/mol. The first kappa shape index (κ1) is 35.4. The van der Waals surface area contributed by atoms with Crippen LogP contribution < -0.4 is 61.5 Å². The molecule has 4 heterocycles. The van der Waals surface area contributed by atoms with Gasteiger partial charge in [0.2, 0.25) is 22.9 Å². The van der Waals surface area contributed by atoms with Gasteiger partial charge in [0.05, 0.1) is 17.9 Å². The third kappa shape index (κ3) is 7.93. The van der Waals surface area contributed by atoms with Crippen molar-refractivity contribution in [3.63, 3.8) is 0 Å². The van der Waals surface area contributed by atoms with Gasteiger partial charge in [0.15, 0.2) is 0 Å². The van der Waals surface area contributed by atoms with Crippen molar-refractivity contribution in [2.24, 2.45) is 7.05 Å². The van der Waals surface area contributed by atoms with Crippen LogP contribution in [-0.4, -0.2) is 92.8 Å². The molecular weight excluding hydrogens is 669 g/mol. The number of β-lactam (4-membered cyclic amide) rings is 1. The zero-order chi connectivity index (χ0) is 33.1. The van der Waals surface area contributed by atoms with E-state index >= 15 is 0 Å². The van der Waals surface area contributed by atoms with Gasteiger partial charge in [0, 0.05) is 25.5 Å². The van der Waals surface area contributed by atoms with E-state index in [-0.39, 0.29) is 69.7 Å². The number of fused-ring (bicyclic) bond motifs is 1. The monoisotopic (exact) mass is 693 g/mol. The second-order valence-electron chi connectivity index (χ2n) is 9.79. The van der Waals surface area contributed by atoms with Crippen LogP contribution in [0.2, 0.25) is 0 Å². The van der Waals surface area contributed by atoms with E-state index in [4.69, 9.17) is 0 Å². The summed E-state index contributed by atoms with van der Waals surface area (Å²) in [5.74, 6) is -3.42. The first-order valence-corrected chi connectivity index (χ1v) is 15.2. The van der Waals surface area contributed by atoms with Crippen LogP contribution in [0.1, 0.15) is 18.5 Å². The number of phenolic OH excluding ortho intramolecular Hbond substituents is 1. The van der Waals surface area contributed by atoms with Crippen molar-refractivity contribution in [2.45, 2.75) is 29.5 Å². The number of aromatic nitrogens is 6. The third-order valence-electron chi connectivity index (χ3n) is 6.60. The van der Waals surface area contributed by atoms with Crippen LogP contribution in [0.4, 0.5) is 16.4 Å². The van der Waals surface area contributed by atoms with Crippen LogP contribution in [0.25, 0.3) is 0 Å². The molecule has 1 saturated heterocycles. The molecule has 1 fully saturated rings. The molecule has 0 spiro atoms. The zero-order valence-corrected chi connectivity index (χ0v) is 28.5. The molecule has 2 aliphatic rings. The number of rotatable bonds is 10. The van der Waals surface area contributed by atoms with Gasteiger partial charge in [0.1, 0.15) is 28.9 Å². The number of aromatic amines is 1. The largest absolute Gasteiger partial charge is 1.00 e. The maximum atomic E-state index is 13.5. The van der Waals surface area contributed by atoms with Crippen molar-refractivity contribution in [3.8, 4) is 5.75 Å². The van der Waals surface area contributed by atoms with E-state index < -0.39 is 52.7 Å². The van der Waals surface area contributed by atoms with Gasteiger partial charge in [-0.3, -0.25) is 34.4 Å². The van der Waals surface area contributed by atoms with Crippen molar-refractivity contribution in [3.05, 3.63) is 57.6 Å². The maximum Gasteiger partial charge on any atom is 1.00 e. The summed E-state index contributed by atoms with van der Waals surface area (Å²) in [6.45, 7) is 1.21. The number of urea groups is 1. The minimum Gasteiger partial charge on any atom is -0.543 e. The van der Waals surface area contributed by atoms with Gasteiger partial charge in [0.25, 0.3) is 11.5 Å². The first-order valence-electron chi connectivity index (χ1n) is 13.2. The van der Waals surface area contributed by atoms with Gasteiger partial charge in [-0.1, -0.05) is 23.9 Å². The molecule has 47 heavy (non-hydrogen) atoms. The molecule has 1 unspecified atom stereocenters. The number of carboxylic acids is 1. The Morgan fingerprint density at radius 2 is 1.91 bits per heavy atom. The van der Waals surface area contributed by atoms with Crippen LogP contribution in [0.5, 0.6) is 5.75 Å². The van der Waals surface area contributed by atoms with E-state index in [0.717, 1.165) is 11.1 Å². The fourth-order valence-electron chi connectivity index (χ4n) is 4.49. The number of thioether (sulfide) groups is 2. The molecule has 0 bridgehead atoms. The maximum absolute atomic E-state index is 13.5. The number of carbonyl (C=O) groups excluding carboxylic acids is 5. The Bertz CT molecular complexity index is 1820. The number of carboxylic acid groups (broad SMARTS) is 1. The molecule has 0 aliphatic carbocycles. The summed E-state index contributed by atoms with van der Waals surface area (Å²) in [4.78, 5) is 82.4. The Labute approximate surface area is 295 Å². The molecule has 6 N–H and O–H groups in total. The number of aryl methyl sites for hydroxylation is 1. The quantitative estimate of drug-likeness (QED) is 0.0660. The second-order valence-corrected chi connectivity index (χ2v) is 11.8. The van der Waals surface area contributed by atoms with Gasteiger partial charge in [-0.2, -0.15) is 0 Å². The summed E-state index contributed by atoms with van der Waals surface area (Å²) in [6.07, 6.45) is 1.00. The minimum absolute atomic E-state index is 0. The number of hydrogen-bond donors (Lipinski definition) is 6. The van der Waals surface area contributed by atoms with Crippen molar-refractivity contribution in [1.29, 1.82) is 0 Å². The molecule has 5 amide bonds. The molecule has 3 atom stereocenters. The van der Waals surface area contributed by atoms with Gasteiger partial charge in [-0.25, -0.2) is 14.5 Å². The molecule has 240 valence electrons. The molecular formula is C25H24N11NaO8S2. The van der Waals surface area contributed by atoms with Gasteiger partial charge >= 0.3 is 35.6 Å². The van der Waals surface area contributed by atoms with Crippen LogP contribution in [0.3, 0.4) is 0 Å². The number of tetrazole rings is 1. The molecule has 22 heteroatoms. The molecule has 19 nitrogen and oxygen atoms in total. The summed E-state index contributed by atoms with van der Waals surface area (Å²) < 4.78 is 1.42. The predicted octanol–water partition coefficient (Wildman–Crippen LogP) is -4.98. The SMILES string of the molecule is CC(=O)Nc1ncc(NC(=O)N[C@@H](C(=O)NC2C(=O)N3C(C(=O)[O-])=C(CSc4nnnn4C)CS[C@H]23)c2ccc(O)cc2)c(=O)[nH]1.[Na+]. The number of phenols is 1. The number of nitrogens with zero attached hydrogens (tertiary/aromatic N) is 6. The van der Waals surface area contributed by atoms with E-state index in [9.17, 15) is 39.0 Å². The summed E-state index contributed by atoms with van der Waals surface area (Å²) in [7, 11) is 1.63. The molecule has 5 rings (SSSR count). The number of aromatic hydroxyl groups is 1. The molecule has 0 radical (unpaired) electrons. The number of nitrogens with one attached hydrogen (secondary N) is 5. The molecule has 1 aromatic carbocycles. The van der Waals surface area contributed by atoms with E-state index in [0.29, 0.717) is 10.7 Å².